The number of imidazole rings is 1. The zero-order valence-corrected chi connectivity index (χ0v) is 12.9. The van der Waals surface area contributed by atoms with Crippen molar-refractivity contribution in [2.75, 3.05) is 6.61 Å². The maximum absolute atomic E-state index is 12.0. The van der Waals surface area contributed by atoms with Gasteiger partial charge in [0.2, 0.25) is 0 Å². The molecule has 1 aromatic carbocycles. The molecular formula is C16H19N3O3. The molecule has 0 aliphatic rings. The Labute approximate surface area is 129 Å². The molecule has 6 heteroatoms. The first-order chi connectivity index (χ1) is 10.5. The molecule has 0 saturated carbocycles. The van der Waals surface area contributed by atoms with Gasteiger partial charge in [-0.1, -0.05) is 29.8 Å². The smallest absolute Gasteiger partial charge is 0.396 e. The van der Waals surface area contributed by atoms with Crippen LogP contribution < -0.4 is 5.32 Å². The van der Waals surface area contributed by atoms with Crippen LogP contribution in [0.1, 0.15) is 29.9 Å². The molecule has 2 aromatic rings. The monoisotopic (exact) mass is 301 g/mol. The minimum Gasteiger partial charge on any atom is -0.459 e. The predicted molar refractivity (Wildman–Crippen MR) is 81.0 cm³/mol. The van der Waals surface area contributed by atoms with Crippen LogP contribution in [0, 0.1) is 6.92 Å². The van der Waals surface area contributed by atoms with Gasteiger partial charge >= 0.3 is 11.9 Å². The Bertz CT molecular complexity index is 662. The molecule has 1 heterocycles. The molecule has 0 spiro atoms. The molecule has 0 fully saturated rings. The van der Waals surface area contributed by atoms with Crippen LogP contribution in [0.2, 0.25) is 0 Å². The number of aryl methyl sites for hydroxylation is 2. The highest BCUT2D eigenvalue weighted by Gasteiger charge is 2.24. The molecule has 0 saturated heterocycles. The molecule has 0 aliphatic heterocycles. The summed E-state index contributed by atoms with van der Waals surface area (Å²) >= 11 is 0. The molecule has 1 aromatic heterocycles. The number of rotatable bonds is 4. The van der Waals surface area contributed by atoms with E-state index in [9.17, 15) is 9.59 Å². The maximum Gasteiger partial charge on any atom is 0.396 e. The van der Waals surface area contributed by atoms with E-state index in [0.717, 1.165) is 11.1 Å². The highest BCUT2D eigenvalue weighted by Crippen LogP contribution is 2.20. The second-order valence-electron chi connectivity index (χ2n) is 4.93. The first-order valence-electron chi connectivity index (χ1n) is 7.04. The SMILES string of the molecule is CCOC(=O)C(=O)NC(c1ccc(C)cc1)c1nccn1C. The van der Waals surface area contributed by atoms with Crippen molar-refractivity contribution in [1.82, 2.24) is 14.9 Å². The van der Waals surface area contributed by atoms with Gasteiger partial charge in [0, 0.05) is 19.4 Å². The first kappa shape index (κ1) is 15.8. The highest BCUT2D eigenvalue weighted by molar-refractivity contribution is 6.32. The quantitative estimate of drug-likeness (QED) is 0.686. The molecule has 116 valence electrons. The number of nitrogens with zero attached hydrogens (tertiary/aromatic N) is 2. The van der Waals surface area contributed by atoms with Gasteiger partial charge in [0.25, 0.3) is 0 Å². The van der Waals surface area contributed by atoms with E-state index in [0.29, 0.717) is 5.82 Å². The van der Waals surface area contributed by atoms with Crippen LogP contribution in [0.15, 0.2) is 36.7 Å². The average Bonchev–Trinajstić information content (AvgIpc) is 2.92. The summed E-state index contributed by atoms with van der Waals surface area (Å²) < 4.78 is 6.53. The molecule has 1 atom stereocenters. The molecule has 0 radical (unpaired) electrons. The fourth-order valence-corrected chi connectivity index (χ4v) is 2.10. The van der Waals surface area contributed by atoms with Crippen LogP contribution in [-0.2, 0) is 21.4 Å². The van der Waals surface area contributed by atoms with Crippen LogP contribution in [0.3, 0.4) is 0 Å². The minimum absolute atomic E-state index is 0.157. The summed E-state index contributed by atoms with van der Waals surface area (Å²) in [6, 6.07) is 7.18. The lowest BCUT2D eigenvalue weighted by Gasteiger charge is -2.18. The van der Waals surface area contributed by atoms with E-state index in [1.807, 2.05) is 38.2 Å². The Morgan fingerprint density at radius 3 is 2.55 bits per heavy atom. The lowest BCUT2D eigenvalue weighted by Crippen LogP contribution is -2.37. The van der Waals surface area contributed by atoms with E-state index in [2.05, 4.69) is 10.3 Å². The predicted octanol–water partition coefficient (Wildman–Crippen LogP) is 1.50. The summed E-state index contributed by atoms with van der Waals surface area (Å²) in [5.41, 5.74) is 1.96. The lowest BCUT2D eigenvalue weighted by molar-refractivity contribution is -0.154. The average molecular weight is 301 g/mol. The van der Waals surface area contributed by atoms with Gasteiger partial charge in [-0.25, -0.2) is 9.78 Å². The topological polar surface area (TPSA) is 73.2 Å². The van der Waals surface area contributed by atoms with Gasteiger partial charge in [-0.2, -0.15) is 0 Å². The molecule has 6 nitrogen and oxygen atoms in total. The number of carbonyl (C=O) groups is 2. The zero-order chi connectivity index (χ0) is 16.1. The summed E-state index contributed by atoms with van der Waals surface area (Å²) in [6.45, 7) is 3.79. The Kier molecular flexibility index (Phi) is 4.93. The van der Waals surface area contributed by atoms with Crippen molar-refractivity contribution in [1.29, 1.82) is 0 Å². The highest BCUT2D eigenvalue weighted by atomic mass is 16.5. The van der Waals surface area contributed by atoms with Crippen LogP contribution >= 0.6 is 0 Å². The van der Waals surface area contributed by atoms with Gasteiger partial charge in [-0.3, -0.25) is 4.79 Å². The molecule has 2 rings (SSSR count). The zero-order valence-electron chi connectivity index (χ0n) is 12.9. The fourth-order valence-electron chi connectivity index (χ4n) is 2.10. The minimum atomic E-state index is -0.895. The first-order valence-corrected chi connectivity index (χ1v) is 7.04. The number of carbonyl (C=O) groups excluding carboxylic acids is 2. The van der Waals surface area contributed by atoms with Gasteiger partial charge in [-0.05, 0) is 19.4 Å². The molecule has 1 amide bonds. The third kappa shape index (κ3) is 3.52. The van der Waals surface area contributed by atoms with Crippen molar-refractivity contribution < 1.29 is 14.3 Å². The van der Waals surface area contributed by atoms with Crippen molar-refractivity contribution >= 4 is 11.9 Å². The summed E-state index contributed by atoms with van der Waals surface area (Å²) in [5.74, 6) is -1.04. The van der Waals surface area contributed by atoms with Crippen LogP contribution in [0.25, 0.3) is 0 Å². The van der Waals surface area contributed by atoms with Crippen molar-refractivity contribution in [3.8, 4) is 0 Å². The second kappa shape index (κ2) is 6.89. The summed E-state index contributed by atoms with van der Waals surface area (Å²) in [7, 11) is 1.83. The van der Waals surface area contributed by atoms with Crippen LogP contribution in [0.4, 0.5) is 0 Å². The van der Waals surface area contributed by atoms with Crippen molar-refractivity contribution in [3.05, 3.63) is 53.6 Å². The number of amides is 1. The number of nitrogens with one attached hydrogen (secondary N) is 1. The lowest BCUT2D eigenvalue weighted by atomic mass is 10.0. The molecule has 0 bridgehead atoms. The summed E-state index contributed by atoms with van der Waals surface area (Å²) in [4.78, 5) is 27.8. The summed E-state index contributed by atoms with van der Waals surface area (Å²) in [5, 5.41) is 2.68. The van der Waals surface area contributed by atoms with Crippen molar-refractivity contribution in [2.45, 2.75) is 19.9 Å². The van der Waals surface area contributed by atoms with Crippen molar-refractivity contribution in [2.24, 2.45) is 7.05 Å². The maximum atomic E-state index is 12.0. The van der Waals surface area contributed by atoms with Crippen molar-refractivity contribution in [3.63, 3.8) is 0 Å². The van der Waals surface area contributed by atoms with Gasteiger partial charge in [0.15, 0.2) is 0 Å². The number of esters is 1. The number of ether oxygens (including phenoxy) is 1. The Balaban J connectivity index is 2.30. The molecule has 1 N–H and O–H groups in total. The summed E-state index contributed by atoms with van der Waals surface area (Å²) in [6.07, 6.45) is 3.43. The van der Waals surface area contributed by atoms with E-state index in [-0.39, 0.29) is 6.61 Å². The van der Waals surface area contributed by atoms with E-state index in [4.69, 9.17) is 4.74 Å². The van der Waals surface area contributed by atoms with Crippen LogP contribution in [-0.4, -0.2) is 28.0 Å². The van der Waals surface area contributed by atoms with E-state index >= 15 is 0 Å². The Morgan fingerprint density at radius 1 is 1.32 bits per heavy atom. The van der Waals surface area contributed by atoms with Gasteiger partial charge in [0.05, 0.1) is 6.61 Å². The van der Waals surface area contributed by atoms with Gasteiger partial charge in [-0.15, -0.1) is 0 Å². The largest absolute Gasteiger partial charge is 0.459 e. The number of aromatic nitrogens is 2. The normalized spacial score (nSPS) is 11.8. The number of benzene rings is 1. The van der Waals surface area contributed by atoms with Crippen LogP contribution in [0.5, 0.6) is 0 Å². The third-order valence-electron chi connectivity index (χ3n) is 3.26. The number of hydrogen-bond donors (Lipinski definition) is 1. The molecule has 0 aliphatic carbocycles. The second-order valence-corrected chi connectivity index (χ2v) is 4.93. The van der Waals surface area contributed by atoms with E-state index in [1.54, 1.807) is 23.9 Å². The molecule has 1 unspecified atom stereocenters. The van der Waals surface area contributed by atoms with Gasteiger partial charge < -0.3 is 14.6 Å². The Morgan fingerprint density at radius 2 is 2.00 bits per heavy atom. The van der Waals surface area contributed by atoms with Gasteiger partial charge in [0.1, 0.15) is 11.9 Å². The number of hydrogen-bond acceptors (Lipinski definition) is 4. The molecular weight excluding hydrogens is 282 g/mol. The third-order valence-corrected chi connectivity index (χ3v) is 3.26. The standard InChI is InChI=1S/C16H19N3O3/c1-4-22-16(21)15(20)18-13(14-17-9-10-19(14)3)12-7-5-11(2)6-8-12/h5-10,13H,4H2,1-3H3,(H,18,20). The Hall–Kier alpha value is -2.63. The molecule has 22 heavy (non-hydrogen) atoms. The fraction of sp³-hybridized carbons (Fsp3) is 0.312. The van der Waals surface area contributed by atoms with E-state index in [1.165, 1.54) is 0 Å². The van der Waals surface area contributed by atoms with E-state index < -0.39 is 17.9 Å².